The van der Waals surface area contributed by atoms with Gasteiger partial charge < -0.3 is 10.0 Å². The van der Waals surface area contributed by atoms with Crippen LogP contribution in [0.2, 0.25) is 0 Å². The Morgan fingerprint density at radius 1 is 1.35 bits per heavy atom. The van der Waals surface area contributed by atoms with Crippen molar-refractivity contribution < 1.29 is 14.7 Å². The smallest absolute Gasteiger partial charge is 0.326 e. The molecular weight excluding hydrogens is 274 g/mol. The molecule has 108 valence electrons. The van der Waals surface area contributed by atoms with Gasteiger partial charge in [0.25, 0.3) is 5.91 Å². The molecule has 0 saturated carbocycles. The highest BCUT2D eigenvalue weighted by molar-refractivity contribution is 7.98. The average Bonchev–Trinajstić information content (AvgIpc) is 2.45. The highest BCUT2D eigenvalue weighted by Gasteiger charge is 2.37. The van der Waals surface area contributed by atoms with Gasteiger partial charge in [-0.25, -0.2) is 4.79 Å². The van der Waals surface area contributed by atoms with Crippen LogP contribution in [0.4, 0.5) is 0 Å². The first-order chi connectivity index (χ1) is 9.56. The van der Waals surface area contributed by atoms with Gasteiger partial charge in [0.1, 0.15) is 6.04 Å². The van der Waals surface area contributed by atoms with Gasteiger partial charge in [0.2, 0.25) is 0 Å². The molecule has 2 unspecified atom stereocenters. The highest BCUT2D eigenvalue weighted by Crippen LogP contribution is 2.28. The number of hydrogen-bond donors (Lipinski definition) is 1. The second kappa shape index (κ2) is 6.31. The van der Waals surface area contributed by atoms with E-state index in [1.807, 2.05) is 31.4 Å². The number of carboxylic acids is 1. The maximum atomic E-state index is 12.7. The Morgan fingerprint density at radius 2 is 2.05 bits per heavy atom. The first-order valence-corrected chi connectivity index (χ1v) is 7.95. The highest BCUT2D eigenvalue weighted by atomic mass is 32.2. The summed E-state index contributed by atoms with van der Waals surface area (Å²) in [5.74, 6) is -1.09. The predicted octanol–water partition coefficient (Wildman–Crippen LogP) is 2.73. The third kappa shape index (κ3) is 2.82. The largest absolute Gasteiger partial charge is 0.480 e. The molecule has 2 atom stereocenters. The van der Waals surface area contributed by atoms with Crippen LogP contribution >= 0.6 is 11.8 Å². The molecule has 1 aliphatic heterocycles. The van der Waals surface area contributed by atoms with E-state index in [1.54, 1.807) is 6.07 Å². The molecule has 0 radical (unpaired) electrons. The van der Waals surface area contributed by atoms with Crippen molar-refractivity contribution in [2.75, 3.05) is 12.8 Å². The molecule has 1 aromatic rings. The summed E-state index contributed by atoms with van der Waals surface area (Å²) in [6.07, 6.45) is 3.63. The normalized spacial score (nSPS) is 22.6. The molecule has 1 fully saturated rings. The molecule has 4 nitrogen and oxygen atoms in total. The Hall–Kier alpha value is -1.49. The standard InChI is InChI=1S/C15H19NO3S/c1-10-6-5-9-16(13(10)15(18)19)14(17)11-7-3-4-8-12(11)20-2/h3-4,7-8,10,13H,5-6,9H2,1-2H3,(H,18,19). The average molecular weight is 293 g/mol. The minimum Gasteiger partial charge on any atom is -0.480 e. The van der Waals surface area contributed by atoms with Gasteiger partial charge in [-0.2, -0.15) is 0 Å². The molecule has 1 heterocycles. The molecule has 0 aromatic heterocycles. The second-order valence-corrected chi connectivity index (χ2v) is 5.95. The predicted molar refractivity (Wildman–Crippen MR) is 79.1 cm³/mol. The van der Waals surface area contributed by atoms with E-state index in [0.29, 0.717) is 12.1 Å². The van der Waals surface area contributed by atoms with Crippen LogP contribution < -0.4 is 0 Å². The molecule has 1 N–H and O–H groups in total. The van der Waals surface area contributed by atoms with Gasteiger partial charge in [-0.3, -0.25) is 4.79 Å². The molecule has 0 spiro atoms. The molecule has 1 aliphatic rings. The number of rotatable bonds is 3. The summed E-state index contributed by atoms with van der Waals surface area (Å²) in [5.41, 5.74) is 0.598. The number of piperidine rings is 1. The Balaban J connectivity index is 2.33. The number of hydrogen-bond acceptors (Lipinski definition) is 3. The fraction of sp³-hybridized carbons (Fsp3) is 0.467. The first-order valence-electron chi connectivity index (χ1n) is 6.73. The molecule has 0 bridgehead atoms. The van der Waals surface area contributed by atoms with E-state index in [4.69, 9.17) is 0 Å². The summed E-state index contributed by atoms with van der Waals surface area (Å²) in [6.45, 7) is 2.42. The van der Waals surface area contributed by atoms with Crippen LogP contribution in [0.5, 0.6) is 0 Å². The quantitative estimate of drug-likeness (QED) is 0.871. The third-order valence-electron chi connectivity index (χ3n) is 3.78. The minimum atomic E-state index is -0.910. The van der Waals surface area contributed by atoms with Crippen LogP contribution in [0.1, 0.15) is 30.1 Å². The number of benzene rings is 1. The van der Waals surface area contributed by atoms with Gasteiger partial charge >= 0.3 is 5.97 Å². The maximum Gasteiger partial charge on any atom is 0.326 e. The van der Waals surface area contributed by atoms with Gasteiger partial charge in [-0.05, 0) is 37.1 Å². The zero-order valence-corrected chi connectivity index (χ0v) is 12.5. The van der Waals surface area contributed by atoms with Gasteiger partial charge in [0.15, 0.2) is 0 Å². The number of carbonyl (C=O) groups is 2. The molecular formula is C15H19NO3S. The van der Waals surface area contributed by atoms with Gasteiger partial charge in [-0.15, -0.1) is 11.8 Å². The van der Waals surface area contributed by atoms with Gasteiger partial charge in [0, 0.05) is 11.4 Å². The van der Waals surface area contributed by atoms with E-state index in [2.05, 4.69) is 0 Å². The summed E-state index contributed by atoms with van der Waals surface area (Å²) < 4.78 is 0. The van der Waals surface area contributed by atoms with Crippen molar-refractivity contribution in [3.63, 3.8) is 0 Å². The fourth-order valence-corrected chi connectivity index (χ4v) is 3.36. The number of likely N-dealkylation sites (tertiary alicyclic amines) is 1. The summed E-state index contributed by atoms with van der Waals surface area (Å²) >= 11 is 1.50. The third-order valence-corrected chi connectivity index (χ3v) is 4.58. The summed E-state index contributed by atoms with van der Waals surface area (Å²) in [5, 5.41) is 9.40. The van der Waals surface area contributed by atoms with Crippen LogP contribution in [0, 0.1) is 5.92 Å². The molecule has 20 heavy (non-hydrogen) atoms. The van der Waals surface area contributed by atoms with Crippen LogP contribution in [0.15, 0.2) is 29.2 Å². The number of aliphatic carboxylic acids is 1. The summed E-state index contributed by atoms with van der Waals surface area (Å²) in [4.78, 5) is 26.6. The van der Waals surface area contributed by atoms with Crippen molar-refractivity contribution in [1.82, 2.24) is 4.90 Å². The van der Waals surface area contributed by atoms with E-state index < -0.39 is 12.0 Å². The maximum absolute atomic E-state index is 12.7. The first kappa shape index (κ1) is 14.9. The van der Waals surface area contributed by atoms with Crippen LogP contribution in [0.25, 0.3) is 0 Å². The number of thioether (sulfide) groups is 1. The lowest BCUT2D eigenvalue weighted by molar-refractivity contribution is -0.145. The van der Waals surface area contributed by atoms with Crippen LogP contribution in [-0.4, -0.2) is 40.7 Å². The molecule has 5 heteroatoms. The zero-order chi connectivity index (χ0) is 14.7. The molecule has 2 rings (SSSR count). The molecule has 0 aliphatic carbocycles. The minimum absolute atomic E-state index is 0.00774. The Bertz CT molecular complexity index is 518. The Labute approximate surface area is 123 Å². The van der Waals surface area contributed by atoms with Crippen molar-refractivity contribution in [2.45, 2.75) is 30.7 Å². The molecule has 1 saturated heterocycles. The van der Waals surface area contributed by atoms with E-state index in [0.717, 1.165) is 17.7 Å². The van der Waals surface area contributed by atoms with Crippen LogP contribution in [-0.2, 0) is 4.79 Å². The topological polar surface area (TPSA) is 57.6 Å². The zero-order valence-electron chi connectivity index (χ0n) is 11.7. The Morgan fingerprint density at radius 3 is 2.70 bits per heavy atom. The lowest BCUT2D eigenvalue weighted by Crippen LogP contribution is -2.52. The second-order valence-electron chi connectivity index (χ2n) is 5.10. The van der Waals surface area contributed by atoms with Crippen molar-refractivity contribution >= 4 is 23.6 Å². The van der Waals surface area contributed by atoms with E-state index in [-0.39, 0.29) is 11.8 Å². The van der Waals surface area contributed by atoms with Crippen molar-refractivity contribution in [3.8, 4) is 0 Å². The van der Waals surface area contributed by atoms with E-state index in [9.17, 15) is 14.7 Å². The molecule has 1 amide bonds. The van der Waals surface area contributed by atoms with Gasteiger partial charge in [0.05, 0.1) is 5.56 Å². The van der Waals surface area contributed by atoms with Crippen molar-refractivity contribution in [2.24, 2.45) is 5.92 Å². The summed E-state index contributed by atoms with van der Waals surface area (Å²) in [6, 6.07) is 6.64. The number of amides is 1. The molecule has 1 aromatic carbocycles. The van der Waals surface area contributed by atoms with E-state index >= 15 is 0 Å². The number of carboxylic acid groups (broad SMARTS) is 1. The lowest BCUT2D eigenvalue weighted by atomic mass is 9.90. The number of nitrogens with zero attached hydrogens (tertiary/aromatic N) is 1. The summed E-state index contributed by atoms with van der Waals surface area (Å²) in [7, 11) is 0. The van der Waals surface area contributed by atoms with Crippen molar-refractivity contribution in [1.29, 1.82) is 0 Å². The number of carbonyl (C=O) groups excluding carboxylic acids is 1. The van der Waals surface area contributed by atoms with Crippen molar-refractivity contribution in [3.05, 3.63) is 29.8 Å². The Kier molecular flexibility index (Phi) is 4.70. The SMILES string of the molecule is CSc1ccccc1C(=O)N1CCCC(C)C1C(=O)O. The van der Waals surface area contributed by atoms with Crippen LogP contribution in [0.3, 0.4) is 0 Å². The lowest BCUT2D eigenvalue weighted by Gasteiger charge is -2.37. The van der Waals surface area contributed by atoms with Gasteiger partial charge in [-0.1, -0.05) is 19.1 Å². The fourth-order valence-electron chi connectivity index (χ4n) is 2.77. The van der Waals surface area contributed by atoms with E-state index in [1.165, 1.54) is 16.7 Å². The monoisotopic (exact) mass is 293 g/mol.